The normalized spacial score (nSPS) is 11.5. The summed E-state index contributed by atoms with van der Waals surface area (Å²) in [6.07, 6.45) is -0.0311. The highest BCUT2D eigenvalue weighted by Gasteiger charge is 2.20. The lowest BCUT2D eigenvalue weighted by molar-refractivity contribution is -0.145. The molecule has 1 N–H and O–H groups in total. The van der Waals surface area contributed by atoms with Crippen LogP contribution in [0.15, 0.2) is 53.0 Å². The van der Waals surface area contributed by atoms with Crippen molar-refractivity contribution in [2.24, 2.45) is 0 Å². The van der Waals surface area contributed by atoms with Gasteiger partial charge in [-0.15, -0.1) is 0 Å². The first kappa shape index (κ1) is 19.8. The third-order valence-electron chi connectivity index (χ3n) is 3.82. The lowest BCUT2D eigenvalue weighted by atomic mass is 10.0. The van der Waals surface area contributed by atoms with Gasteiger partial charge in [0, 0.05) is 15.6 Å². The molecular formula is C20H20BrNO4. The van der Waals surface area contributed by atoms with Crippen LogP contribution in [-0.4, -0.2) is 30.3 Å². The minimum atomic E-state index is -0.917. The van der Waals surface area contributed by atoms with Crippen LogP contribution >= 0.6 is 15.9 Å². The van der Waals surface area contributed by atoms with E-state index in [1.54, 1.807) is 36.4 Å². The molecule has 0 aliphatic carbocycles. The number of hydrogen-bond donors (Lipinski definition) is 1. The van der Waals surface area contributed by atoms with Crippen molar-refractivity contribution in [1.29, 1.82) is 0 Å². The number of aryl methyl sites for hydroxylation is 1. The van der Waals surface area contributed by atoms with Crippen molar-refractivity contribution in [3.63, 3.8) is 0 Å². The quantitative estimate of drug-likeness (QED) is 0.552. The molecule has 0 saturated carbocycles. The van der Waals surface area contributed by atoms with Gasteiger partial charge in [0.15, 0.2) is 6.10 Å². The Morgan fingerprint density at radius 1 is 1.00 bits per heavy atom. The molecule has 5 nitrogen and oxygen atoms in total. The van der Waals surface area contributed by atoms with Crippen LogP contribution in [0.2, 0.25) is 0 Å². The molecule has 0 bridgehead atoms. The maximum atomic E-state index is 12.3. The van der Waals surface area contributed by atoms with E-state index < -0.39 is 12.1 Å². The molecule has 2 rings (SSSR count). The van der Waals surface area contributed by atoms with Crippen molar-refractivity contribution in [2.45, 2.75) is 26.4 Å². The molecule has 26 heavy (non-hydrogen) atoms. The molecule has 6 heteroatoms. The zero-order valence-electron chi connectivity index (χ0n) is 14.6. The summed E-state index contributed by atoms with van der Waals surface area (Å²) in [5.41, 5.74) is 2.05. The van der Waals surface area contributed by atoms with Gasteiger partial charge in [-0.3, -0.25) is 14.4 Å². The Kier molecular flexibility index (Phi) is 7.09. The number of hydrogen-bond acceptors (Lipinski definition) is 4. The molecule has 0 unspecified atom stereocenters. The zero-order chi connectivity index (χ0) is 19.1. The number of halogens is 1. The second kappa shape index (κ2) is 9.29. The maximum absolute atomic E-state index is 12.3. The van der Waals surface area contributed by atoms with E-state index in [4.69, 9.17) is 4.74 Å². The number of ketones is 1. The van der Waals surface area contributed by atoms with E-state index in [0.29, 0.717) is 11.1 Å². The van der Waals surface area contributed by atoms with Crippen molar-refractivity contribution in [1.82, 2.24) is 5.32 Å². The van der Waals surface area contributed by atoms with Gasteiger partial charge in [0.2, 0.25) is 5.78 Å². The number of carbonyl (C=O) groups excluding carboxylic acids is 3. The van der Waals surface area contributed by atoms with Gasteiger partial charge in [0.1, 0.15) is 6.54 Å². The van der Waals surface area contributed by atoms with E-state index in [9.17, 15) is 14.4 Å². The summed E-state index contributed by atoms with van der Waals surface area (Å²) in [5.74, 6) is -1.33. The average molecular weight is 418 g/mol. The van der Waals surface area contributed by atoms with Crippen LogP contribution in [0.4, 0.5) is 0 Å². The number of ether oxygens (including phenoxy) is 1. The van der Waals surface area contributed by atoms with Gasteiger partial charge in [0.05, 0.1) is 0 Å². The van der Waals surface area contributed by atoms with Crippen LogP contribution in [0.25, 0.3) is 0 Å². The van der Waals surface area contributed by atoms with Crippen molar-refractivity contribution in [3.8, 4) is 0 Å². The molecule has 2 aromatic rings. The number of rotatable bonds is 7. The van der Waals surface area contributed by atoms with Gasteiger partial charge in [-0.2, -0.15) is 0 Å². The largest absolute Gasteiger partial charge is 0.453 e. The molecule has 0 radical (unpaired) electrons. The maximum Gasteiger partial charge on any atom is 0.326 e. The Balaban J connectivity index is 1.85. The van der Waals surface area contributed by atoms with Crippen molar-refractivity contribution in [3.05, 3.63) is 69.7 Å². The van der Waals surface area contributed by atoms with Crippen LogP contribution in [0.1, 0.15) is 40.1 Å². The summed E-state index contributed by atoms with van der Waals surface area (Å²) < 4.78 is 5.97. The molecule has 1 amide bonds. The monoisotopic (exact) mass is 417 g/mol. The number of benzene rings is 2. The third kappa shape index (κ3) is 5.52. The highest BCUT2D eigenvalue weighted by Crippen LogP contribution is 2.11. The summed E-state index contributed by atoms with van der Waals surface area (Å²) in [7, 11) is 0. The van der Waals surface area contributed by atoms with Crippen LogP contribution in [0.5, 0.6) is 0 Å². The molecule has 0 spiro atoms. The second-order valence-corrected chi connectivity index (χ2v) is 6.65. The topological polar surface area (TPSA) is 72.5 Å². The number of Topliss-reactive ketones (excluding diaryl/α,β-unsaturated/α-hetero) is 1. The van der Waals surface area contributed by atoms with E-state index in [1.165, 1.54) is 6.92 Å². The molecule has 0 aromatic heterocycles. The standard InChI is InChI=1S/C20H20BrNO4/c1-3-14-4-6-15(7-5-14)19(24)13(2)26-18(23)12-22-20(25)16-8-10-17(21)11-9-16/h4-11,13H,3,12H2,1-2H3,(H,22,25)/t13-/m1/s1. The molecule has 136 valence electrons. The predicted octanol–water partition coefficient (Wildman–Crippen LogP) is 3.56. The fourth-order valence-electron chi connectivity index (χ4n) is 2.29. The van der Waals surface area contributed by atoms with E-state index in [0.717, 1.165) is 16.5 Å². The van der Waals surface area contributed by atoms with Crippen molar-refractivity contribution in [2.75, 3.05) is 6.54 Å². The Bertz CT molecular complexity index is 784. The number of amides is 1. The first-order valence-electron chi connectivity index (χ1n) is 8.27. The summed E-state index contributed by atoms with van der Waals surface area (Å²) in [6.45, 7) is 3.25. The molecule has 0 heterocycles. The van der Waals surface area contributed by atoms with Gasteiger partial charge >= 0.3 is 5.97 Å². The van der Waals surface area contributed by atoms with Gasteiger partial charge < -0.3 is 10.1 Å². The van der Waals surface area contributed by atoms with E-state index in [2.05, 4.69) is 21.2 Å². The molecule has 0 fully saturated rings. The van der Waals surface area contributed by atoms with Crippen LogP contribution in [-0.2, 0) is 16.0 Å². The zero-order valence-corrected chi connectivity index (χ0v) is 16.2. The van der Waals surface area contributed by atoms with Crippen LogP contribution in [0, 0.1) is 0 Å². The SMILES string of the molecule is CCc1ccc(C(=O)[C@@H](C)OC(=O)CNC(=O)c2ccc(Br)cc2)cc1. The van der Waals surface area contributed by atoms with E-state index in [1.807, 2.05) is 19.1 Å². The smallest absolute Gasteiger partial charge is 0.326 e. The Morgan fingerprint density at radius 2 is 1.58 bits per heavy atom. The minimum absolute atomic E-state index is 0.278. The molecule has 0 aliphatic heterocycles. The third-order valence-corrected chi connectivity index (χ3v) is 4.35. The van der Waals surface area contributed by atoms with Crippen LogP contribution in [0.3, 0.4) is 0 Å². The van der Waals surface area contributed by atoms with Gasteiger partial charge in [0.25, 0.3) is 5.91 Å². The first-order chi connectivity index (χ1) is 12.4. The number of carbonyl (C=O) groups is 3. The average Bonchev–Trinajstić information content (AvgIpc) is 2.66. The molecular weight excluding hydrogens is 398 g/mol. The highest BCUT2D eigenvalue weighted by atomic mass is 79.9. The predicted molar refractivity (Wildman–Crippen MR) is 102 cm³/mol. The Morgan fingerprint density at radius 3 is 2.15 bits per heavy atom. The first-order valence-corrected chi connectivity index (χ1v) is 9.06. The Hall–Kier alpha value is -2.47. The molecule has 0 aliphatic rings. The summed E-state index contributed by atoms with van der Waals surface area (Å²) >= 11 is 3.29. The fourth-order valence-corrected chi connectivity index (χ4v) is 2.55. The number of esters is 1. The fraction of sp³-hybridized carbons (Fsp3) is 0.250. The van der Waals surface area contributed by atoms with E-state index in [-0.39, 0.29) is 18.2 Å². The van der Waals surface area contributed by atoms with Crippen molar-refractivity contribution >= 4 is 33.6 Å². The molecule has 1 atom stereocenters. The summed E-state index contributed by atoms with van der Waals surface area (Å²) in [5, 5.41) is 2.48. The summed E-state index contributed by atoms with van der Waals surface area (Å²) in [4.78, 5) is 36.1. The number of nitrogens with one attached hydrogen (secondary N) is 1. The lowest BCUT2D eigenvalue weighted by Crippen LogP contribution is -2.34. The lowest BCUT2D eigenvalue weighted by Gasteiger charge is -2.13. The van der Waals surface area contributed by atoms with Gasteiger partial charge in [-0.1, -0.05) is 47.1 Å². The summed E-state index contributed by atoms with van der Waals surface area (Å²) in [6, 6.07) is 13.9. The van der Waals surface area contributed by atoms with E-state index >= 15 is 0 Å². The highest BCUT2D eigenvalue weighted by molar-refractivity contribution is 9.10. The second-order valence-electron chi connectivity index (χ2n) is 5.74. The molecule has 0 saturated heterocycles. The van der Waals surface area contributed by atoms with Gasteiger partial charge in [-0.05, 0) is 43.2 Å². The minimum Gasteiger partial charge on any atom is -0.453 e. The van der Waals surface area contributed by atoms with Gasteiger partial charge in [-0.25, -0.2) is 0 Å². The molecule has 2 aromatic carbocycles. The van der Waals surface area contributed by atoms with Crippen LogP contribution < -0.4 is 5.32 Å². The van der Waals surface area contributed by atoms with Crippen molar-refractivity contribution < 1.29 is 19.1 Å². The Labute approximate surface area is 160 Å².